The molecular formula is C9H20N2O3S. The van der Waals surface area contributed by atoms with Gasteiger partial charge in [-0.1, -0.05) is 6.42 Å². The summed E-state index contributed by atoms with van der Waals surface area (Å²) in [6.07, 6.45) is 3.49. The maximum Gasteiger partial charge on any atom is 0.281 e. The van der Waals surface area contributed by atoms with E-state index in [0.29, 0.717) is 13.0 Å². The summed E-state index contributed by atoms with van der Waals surface area (Å²) in [5, 5.41) is 8.76. The van der Waals surface area contributed by atoms with Crippen LogP contribution in [-0.4, -0.2) is 55.4 Å². The lowest BCUT2D eigenvalue weighted by molar-refractivity contribution is 0.191. The minimum absolute atomic E-state index is 0.0339. The highest BCUT2D eigenvalue weighted by Crippen LogP contribution is 2.27. The van der Waals surface area contributed by atoms with E-state index in [1.165, 1.54) is 8.61 Å². The van der Waals surface area contributed by atoms with Crippen LogP contribution in [0.15, 0.2) is 0 Å². The van der Waals surface area contributed by atoms with Gasteiger partial charge in [0.05, 0.1) is 0 Å². The van der Waals surface area contributed by atoms with Gasteiger partial charge in [0.2, 0.25) is 0 Å². The maximum atomic E-state index is 11.9. The molecule has 1 aliphatic rings. The summed E-state index contributed by atoms with van der Waals surface area (Å²) in [6.45, 7) is 0.452. The van der Waals surface area contributed by atoms with Gasteiger partial charge in [-0.3, -0.25) is 0 Å². The zero-order chi connectivity index (χ0) is 11.5. The van der Waals surface area contributed by atoms with Crippen LogP contribution in [0.1, 0.15) is 25.7 Å². The van der Waals surface area contributed by atoms with E-state index in [9.17, 15) is 8.42 Å². The fourth-order valence-corrected chi connectivity index (χ4v) is 2.96. The van der Waals surface area contributed by atoms with E-state index in [4.69, 9.17) is 5.11 Å². The van der Waals surface area contributed by atoms with E-state index >= 15 is 0 Å². The van der Waals surface area contributed by atoms with Gasteiger partial charge >= 0.3 is 0 Å². The zero-order valence-electron chi connectivity index (χ0n) is 9.39. The fraction of sp³-hybridized carbons (Fsp3) is 1.00. The highest BCUT2D eigenvalue weighted by Gasteiger charge is 2.34. The van der Waals surface area contributed by atoms with E-state index in [1.807, 2.05) is 0 Å². The normalized spacial score (nSPS) is 18.5. The van der Waals surface area contributed by atoms with E-state index in [-0.39, 0.29) is 12.6 Å². The lowest BCUT2D eigenvalue weighted by atomic mass is 9.93. The van der Waals surface area contributed by atoms with Crippen molar-refractivity contribution >= 4 is 10.2 Å². The Morgan fingerprint density at radius 3 is 2.27 bits per heavy atom. The molecule has 0 bridgehead atoms. The standard InChI is InChI=1S/C9H20N2O3S/c1-10(2)15(13,14)11(7-4-8-12)9-5-3-6-9/h9,12H,3-8H2,1-2H3. The van der Waals surface area contributed by atoms with Crippen molar-refractivity contribution in [2.24, 2.45) is 0 Å². The van der Waals surface area contributed by atoms with Gasteiger partial charge in [-0.2, -0.15) is 17.0 Å². The summed E-state index contributed by atoms with van der Waals surface area (Å²) in [6, 6.07) is 0.143. The number of nitrogens with zero attached hydrogens (tertiary/aromatic N) is 2. The Balaban J connectivity index is 2.70. The van der Waals surface area contributed by atoms with E-state index in [2.05, 4.69) is 0 Å². The molecule has 15 heavy (non-hydrogen) atoms. The number of aliphatic hydroxyl groups is 1. The molecule has 0 spiro atoms. The van der Waals surface area contributed by atoms with Gasteiger partial charge in [-0.15, -0.1) is 0 Å². The van der Waals surface area contributed by atoms with Crippen molar-refractivity contribution in [2.45, 2.75) is 31.7 Å². The first-order chi connectivity index (χ1) is 7.00. The molecule has 0 saturated heterocycles. The lowest BCUT2D eigenvalue weighted by Crippen LogP contribution is -2.49. The maximum absolute atomic E-state index is 11.9. The average Bonchev–Trinajstić information content (AvgIpc) is 2.08. The van der Waals surface area contributed by atoms with Crippen LogP contribution in [0.25, 0.3) is 0 Å². The fourth-order valence-electron chi connectivity index (χ4n) is 1.60. The van der Waals surface area contributed by atoms with Crippen molar-refractivity contribution in [3.05, 3.63) is 0 Å². The van der Waals surface area contributed by atoms with Crippen LogP contribution >= 0.6 is 0 Å². The minimum atomic E-state index is -3.32. The summed E-state index contributed by atoms with van der Waals surface area (Å²) in [5.41, 5.74) is 0. The van der Waals surface area contributed by atoms with Crippen molar-refractivity contribution in [1.29, 1.82) is 0 Å². The topological polar surface area (TPSA) is 60.9 Å². The van der Waals surface area contributed by atoms with Crippen LogP contribution in [0.5, 0.6) is 0 Å². The molecule has 0 heterocycles. The van der Waals surface area contributed by atoms with Gasteiger partial charge in [-0.25, -0.2) is 0 Å². The van der Waals surface area contributed by atoms with Crippen molar-refractivity contribution in [1.82, 2.24) is 8.61 Å². The Bertz CT molecular complexity index is 286. The predicted molar refractivity (Wildman–Crippen MR) is 58.7 cm³/mol. The van der Waals surface area contributed by atoms with Crippen LogP contribution in [0.2, 0.25) is 0 Å². The third kappa shape index (κ3) is 2.90. The third-order valence-corrected chi connectivity index (χ3v) is 4.77. The molecule has 1 N–H and O–H groups in total. The van der Waals surface area contributed by atoms with Gasteiger partial charge in [0, 0.05) is 33.3 Å². The van der Waals surface area contributed by atoms with Crippen LogP contribution in [0, 0.1) is 0 Å². The van der Waals surface area contributed by atoms with Gasteiger partial charge in [0.25, 0.3) is 10.2 Å². The molecule has 1 saturated carbocycles. The SMILES string of the molecule is CN(C)S(=O)(=O)N(CCCO)C1CCC1. The predicted octanol–water partition coefficient (Wildman–Crippen LogP) is 0.0297. The summed E-state index contributed by atoms with van der Waals surface area (Å²) in [4.78, 5) is 0. The highest BCUT2D eigenvalue weighted by molar-refractivity contribution is 7.86. The molecule has 5 nitrogen and oxygen atoms in total. The molecule has 0 aromatic carbocycles. The molecule has 0 radical (unpaired) electrons. The molecule has 0 aromatic heterocycles. The Labute approximate surface area is 91.9 Å². The molecule has 1 rings (SSSR count). The molecule has 0 aliphatic heterocycles. The third-order valence-electron chi connectivity index (χ3n) is 2.78. The molecule has 0 amide bonds. The molecule has 1 fully saturated rings. The van der Waals surface area contributed by atoms with Gasteiger partial charge in [0.15, 0.2) is 0 Å². The molecule has 0 unspecified atom stereocenters. The second-order valence-electron chi connectivity index (χ2n) is 4.06. The number of rotatable bonds is 6. The lowest BCUT2D eigenvalue weighted by Gasteiger charge is -2.37. The number of aliphatic hydroxyl groups excluding tert-OH is 1. The van der Waals surface area contributed by atoms with Crippen molar-refractivity contribution in [3.8, 4) is 0 Å². The molecular weight excluding hydrogens is 216 g/mol. The van der Waals surface area contributed by atoms with Gasteiger partial charge < -0.3 is 5.11 Å². The van der Waals surface area contributed by atoms with Gasteiger partial charge in [-0.05, 0) is 19.3 Å². The van der Waals surface area contributed by atoms with Crippen LogP contribution in [0.3, 0.4) is 0 Å². The average molecular weight is 236 g/mol. The van der Waals surface area contributed by atoms with E-state index in [1.54, 1.807) is 14.1 Å². The van der Waals surface area contributed by atoms with Crippen LogP contribution in [0.4, 0.5) is 0 Å². The van der Waals surface area contributed by atoms with E-state index < -0.39 is 10.2 Å². The summed E-state index contributed by atoms with van der Waals surface area (Å²) < 4.78 is 26.6. The second kappa shape index (κ2) is 5.25. The first kappa shape index (κ1) is 12.9. The van der Waals surface area contributed by atoms with Crippen molar-refractivity contribution in [3.63, 3.8) is 0 Å². The quantitative estimate of drug-likeness (QED) is 0.708. The molecule has 6 heteroatoms. The Kier molecular flexibility index (Phi) is 4.51. The first-order valence-electron chi connectivity index (χ1n) is 5.30. The molecule has 0 aromatic rings. The Hall–Kier alpha value is -0.170. The van der Waals surface area contributed by atoms with E-state index in [0.717, 1.165) is 19.3 Å². The Morgan fingerprint density at radius 2 is 1.93 bits per heavy atom. The number of hydrogen-bond donors (Lipinski definition) is 1. The van der Waals surface area contributed by atoms with Crippen LogP contribution in [-0.2, 0) is 10.2 Å². The van der Waals surface area contributed by atoms with Crippen molar-refractivity contribution < 1.29 is 13.5 Å². The summed E-state index contributed by atoms with van der Waals surface area (Å²) in [5.74, 6) is 0. The summed E-state index contributed by atoms with van der Waals surface area (Å²) >= 11 is 0. The smallest absolute Gasteiger partial charge is 0.281 e. The zero-order valence-corrected chi connectivity index (χ0v) is 10.2. The summed E-state index contributed by atoms with van der Waals surface area (Å²) in [7, 11) is -0.233. The second-order valence-corrected chi connectivity index (χ2v) is 6.16. The van der Waals surface area contributed by atoms with Gasteiger partial charge in [0.1, 0.15) is 0 Å². The first-order valence-corrected chi connectivity index (χ1v) is 6.70. The van der Waals surface area contributed by atoms with Crippen LogP contribution < -0.4 is 0 Å². The largest absolute Gasteiger partial charge is 0.396 e. The van der Waals surface area contributed by atoms with Crippen molar-refractivity contribution in [2.75, 3.05) is 27.2 Å². The minimum Gasteiger partial charge on any atom is -0.396 e. The molecule has 1 aliphatic carbocycles. The Morgan fingerprint density at radius 1 is 1.33 bits per heavy atom. The highest BCUT2D eigenvalue weighted by atomic mass is 32.2. The number of hydrogen-bond acceptors (Lipinski definition) is 3. The molecule has 90 valence electrons. The monoisotopic (exact) mass is 236 g/mol. The molecule has 0 atom stereocenters.